The van der Waals surface area contributed by atoms with Gasteiger partial charge in [-0.15, -0.1) is 11.3 Å². The van der Waals surface area contributed by atoms with E-state index in [-0.39, 0.29) is 5.69 Å². The number of nitrogens with zero attached hydrogens (tertiary/aromatic N) is 3. The van der Waals surface area contributed by atoms with Gasteiger partial charge in [0.05, 0.1) is 11.5 Å². The van der Waals surface area contributed by atoms with Gasteiger partial charge >= 0.3 is 0 Å². The van der Waals surface area contributed by atoms with Crippen LogP contribution in [0.5, 0.6) is 0 Å². The molecule has 1 N–H and O–H groups in total. The van der Waals surface area contributed by atoms with Gasteiger partial charge < -0.3 is 5.32 Å². The van der Waals surface area contributed by atoms with Crippen molar-refractivity contribution in [1.29, 1.82) is 0 Å². The summed E-state index contributed by atoms with van der Waals surface area (Å²) in [6.45, 7) is 2.56. The average Bonchev–Trinajstić information content (AvgIpc) is 2.73. The molecule has 2 heterocycles. The Morgan fingerprint density at radius 1 is 1.41 bits per heavy atom. The molecule has 0 bridgehead atoms. The standard InChI is InChI=1S/C10H10N4O2S/c1-7-4-13-10(17-7)6-12-9-3-2-8(5-11-9)14(15)16/h2-5H,6H2,1H3,(H,11,12). The minimum atomic E-state index is -0.471. The van der Waals surface area contributed by atoms with E-state index < -0.39 is 4.92 Å². The van der Waals surface area contributed by atoms with Gasteiger partial charge in [-0.05, 0) is 13.0 Å². The van der Waals surface area contributed by atoms with Crippen molar-refractivity contribution in [1.82, 2.24) is 9.97 Å². The fraction of sp³-hybridized carbons (Fsp3) is 0.200. The van der Waals surface area contributed by atoms with Crippen molar-refractivity contribution in [3.63, 3.8) is 0 Å². The summed E-state index contributed by atoms with van der Waals surface area (Å²) in [7, 11) is 0. The first-order valence-electron chi connectivity index (χ1n) is 4.91. The Morgan fingerprint density at radius 3 is 2.76 bits per heavy atom. The molecule has 7 heteroatoms. The molecule has 0 radical (unpaired) electrons. The van der Waals surface area contributed by atoms with Gasteiger partial charge in [-0.3, -0.25) is 10.1 Å². The number of nitro groups is 1. The fourth-order valence-electron chi connectivity index (χ4n) is 1.25. The molecule has 0 amide bonds. The fourth-order valence-corrected chi connectivity index (χ4v) is 1.97. The van der Waals surface area contributed by atoms with Crippen molar-refractivity contribution >= 4 is 22.8 Å². The Labute approximate surface area is 102 Å². The molecular weight excluding hydrogens is 240 g/mol. The lowest BCUT2D eigenvalue weighted by Crippen LogP contribution is -2.01. The quantitative estimate of drug-likeness (QED) is 0.665. The Hall–Kier alpha value is -2.02. The normalized spacial score (nSPS) is 10.2. The number of anilines is 1. The van der Waals surface area contributed by atoms with Gasteiger partial charge in [-0.1, -0.05) is 0 Å². The van der Waals surface area contributed by atoms with Crippen LogP contribution in [0, 0.1) is 17.0 Å². The molecular formula is C10H10N4O2S. The zero-order valence-electron chi connectivity index (χ0n) is 9.08. The summed E-state index contributed by atoms with van der Waals surface area (Å²) in [5.74, 6) is 0.600. The molecule has 0 aliphatic rings. The molecule has 17 heavy (non-hydrogen) atoms. The van der Waals surface area contributed by atoms with Crippen LogP contribution in [0.2, 0.25) is 0 Å². The second-order valence-electron chi connectivity index (χ2n) is 3.38. The van der Waals surface area contributed by atoms with E-state index >= 15 is 0 Å². The van der Waals surface area contributed by atoms with E-state index in [4.69, 9.17) is 0 Å². The minimum Gasteiger partial charge on any atom is -0.364 e. The van der Waals surface area contributed by atoms with Crippen LogP contribution >= 0.6 is 11.3 Å². The molecule has 6 nitrogen and oxygen atoms in total. The number of aryl methyl sites for hydroxylation is 1. The number of aromatic nitrogens is 2. The molecule has 88 valence electrons. The van der Waals surface area contributed by atoms with Crippen molar-refractivity contribution in [2.45, 2.75) is 13.5 Å². The van der Waals surface area contributed by atoms with Crippen molar-refractivity contribution in [3.05, 3.63) is 44.5 Å². The lowest BCUT2D eigenvalue weighted by Gasteiger charge is -2.01. The van der Waals surface area contributed by atoms with E-state index in [1.165, 1.54) is 12.3 Å². The maximum Gasteiger partial charge on any atom is 0.287 e. The van der Waals surface area contributed by atoms with Crippen molar-refractivity contribution in [2.24, 2.45) is 0 Å². The third-order valence-electron chi connectivity index (χ3n) is 2.05. The van der Waals surface area contributed by atoms with E-state index in [1.807, 2.05) is 13.1 Å². The molecule has 2 rings (SSSR count). The monoisotopic (exact) mass is 250 g/mol. The molecule has 0 saturated carbocycles. The second kappa shape index (κ2) is 4.88. The lowest BCUT2D eigenvalue weighted by atomic mass is 10.4. The van der Waals surface area contributed by atoms with Gasteiger partial charge in [0.25, 0.3) is 5.69 Å². The first kappa shape index (κ1) is 11.5. The van der Waals surface area contributed by atoms with Gasteiger partial charge in [-0.2, -0.15) is 0 Å². The molecule has 0 saturated heterocycles. The van der Waals surface area contributed by atoms with Crippen LogP contribution in [0.25, 0.3) is 0 Å². The van der Waals surface area contributed by atoms with Crippen molar-refractivity contribution < 1.29 is 4.92 Å². The second-order valence-corrected chi connectivity index (χ2v) is 4.70. The highest BCUT2D eigenvalue weighted by Crippen LogP contribution is 2.15. The number of nitrogens with one attached hydrogen (secondary N) is 1. The number of thiazole rings is 1. The SMILES string of the molecule is Cc1cnc(CNc2ccc([N+](=O)[O-])cn2)s1. The van der Waals surface area contributed by atoms with Crippen LogP contribution < -0.4 is 5.32 Å². The average molecular weight is 250 g/mol. The Bertz CT molecular complexity index is 523. The number of hydrogen-bond acceptors (Lipinski definition) is 6. The van der Waals surface area contributed by atoms with E-state index in [2.05, 4.69) is 15.3 Å². The van der Waals surface area contributed by atoms with Crippen LogP contribution in [-0.4, -0.2) is 14.9 Å². The summed E-state index contributed by atoms with van der Waals surface area (Å²) in [5.41, 5.74) is -0.0133. The number of pyridine rings is 1. The number of hydrogen-bond donors (Lipinski definition) is 1. The predicted molar refractivity (Wildman–Crippen MR) is 65.1 cm³/mol. The lowest BCUT2D eigenvalue weighted by molar-refractivity contribution is -0.385. The highest BCUT2D eigenvalue weighted by atomic mass is 32.1. The van der Waals surface area contributed by atoms with Gasteiger partial charge in [-0.25, -0.2) is 9.97 Å². The molecule has 0 unspecified atom stereocenters. The topological polar surface area (TPSA) is 81.0 Å². The first-order chi connectivity index (χ1) is 8.15. The van der Waals surface area contributed by atoms with Gasteiger partial charge in [0, 0.05) is 17.1 Å². The molecule has 0 aliphatic carbocycles. The first-order valence-corrected chi connectivity index (χ1v) is 5.72. The minimum absolute atomic E-state index is 0.0133. The maximum atomic E-state index is 10.4. The summed E-state index contributed by atoms with van der Waals surface area (Å²) in [6.07, 6.45) is 3.04. The van der Waals surface area contributed by atoms with E-state index in [1.54, 1.807) is 17.4 Å². The Morgan fingerprint density at radius 2 is 2.24 bits per heavy atom. The summed E-state index contributed by atoms with van der Waals surface area (Å²) in [6, 6.07) is 3.00. The summed E-state index contributed by atoms with van der Waals surface area (Å²) >= 11 is 1.61. The van der Waals surface area contributed by atoms with Crippen LogP contribution in [0.15, 0.2) is 24.5 Å². The van der Waals surface area contributed by atoms with E-state index in [9.17, 15) is 10.1 Å². The van der Waals surface area contributed by atoms with Crippen molar-refractivity contribution in [3.8, 4) is 0 Å². The smallest absolute Gasteiger partial charge is 0.287 e. The summed E-state index contributed by atoms with van der Waals surface area (Å²) in [5, 5.41) is 14.4. The predicted octanol–water partition coefficient (Wildman–Crippen LogP) is 2.37. The molecule has 2 aromatic heterocycles. The largest absolute Gasteiger partial charge is 0.364 e. The van der Waals surface area contributed by atoms with E-state index in [0.717, 1.165) is 9.88 Å². The third-order valence-corrected chi connectivity index (χ3v) is 2.96. The zero-order chi connectivity index (χ0) is 12.3. The Kier molecular flexibility index (Phi) is 3.29. The third kappa shape index (κ3) is 2.97. The summed E-state index contributed by atoms with van der Waals surface area (Å²) < 4.78 is 0. The van der Waals surface area contributed by atoms with Gasteiger partial charge in [0.15, 0.2) is 0 Å². The molecule has 2 aromatic rings. The van der Waals surface area contributed by atoms with Gasteiger partial charge in [0.1, 0.15) is 17.0 Å². The Balaban J connectivity index is 1.97. The van der Waals surface area contributed by atoms with Gasteiger partial charge in [0.2, 0.25) is 0 Å². The molecule has 0 atom stereocenters. The molecule has 0 aliphatic heterocycles. The summed E-state index contributed by atoms with van der Waals surface area (Å²) in [4.78, 5) is 19.3. The van der Waals surface area contributed by atoms with Crippen LogP contribution in [0.4, 0.5) is 11.5 Å². The highest BCUT2D eigenvalue weighted by molar-refractivity contribution is 7.11. The van der Waals surface area contributed by atoms with Crippen LogP contribution in [0.3, 0.4) is 0 Å². The molecule has 0 fully saturated rings. The van der Waals surface area contributed by atoms with Crippen molar-refractivity contribution in [2.75, 3.05) is 5.32 Å². The maximum absolute atomic E-state index is 10.4. The van der Waals surface area contributed by atoms with Crippen LogP contribution in [-0.2, 0) is 6.54 Å². The van der Waals surface area contributed by atoms with Crippen LogP contribution in [0.1, 0.15) is 9.88 Å². The molecule has 0 spiro atoms. The highest BCUT2D eigenvalue weighted by Gasteiger charge is 2.05. The molecule has 0 aromatic carbocycles. The number of rotatable bonds is 4. The van der Waals surface area contributed by atoms with E-state index in [0.29, 0.717) is 12.4 Å². The zero-order valence-corrected chi connectivity index (χ0v) is 9.90.